The first-order valence-corrected chi connectivity index (χ1v) is 9.70. The molecule has 2 aromatic heterocycles. The van der Waals surface area contributed by atoms with E-state index in [9.17, 15) is 18.0 Å². The number of halogens is 3. The monoisotopic (exact) mass is 413 g/mol. The lowest BCUT2D eigenvalue weighted by Crippen LogP contribution is -2.39. The van der Waals surface area contributed by atoms with Gasteiger partial charge in [0, 0.05) is 49.7 Å². The van der Waals surface area contributed by atoms with E-state index < -0.39 is 11.7 Å². The number of pyridine rings is 1. The van der Waals surface area contributed by atoms with Gasteiger partial charge in [-0.25, -0.2) is 4.98 Å². The predicted octanol–water partition coefficient (Wildman–Crippen LogP) is 3.39. The molecule has 0 saturated carbocycles. The number of nitrogens with zero attached hydrogens (tertiary/aromatic N) is 5. The van der Waals surface area contributed by atoms with Crippen LogP contribution in [0.1, 0.15) is 22.3 Å². The number of aromatic nitrogens is 3. The van der Waals surface area contributed by atoms with Crippen molar-refractivity contribution in [3.05, 3.63) is 60.0 Å². The second-order valence-electron chi connectivity index (χ2n) is 7.68. The van der Waals surface area contributed by atoms with Crippen molar-refractivity contribution in [1.29, 1.82) is 0 Å². The summed E-state index contributed by atoms with van der Waals surface area (Å²) >= 11 is 0. The quantitative estimate of drug-likeness (QED) is 0.645. The van der Waals surface area contributed by atoms with Gasteiger partial charge in [-0.15, -0.1) is 0 Å². The second-order valence-corrected chi connectivity index (χ2v) is 7.68. The number of anilines is 1. The lowest BCUT2D eigenvalue weighted by atomic mass is 10.0. The Bertz CT molecular complexity index is 1120. The van der Waals surface area contributed by atoms with Crippen LogP contribution in [0, 0.1) is 5.92 Å². The van der Waals surface area contributed by atoms with E-state index in [1.807, 2.05) is 9.80 Å². The summed E-state index contributed by atoms with van der Waals surface area (Å²) < 4.78 is 39.1. The number of hydrogen-bond acceptors (Lipinski definition) is 5. The largest absolute Gasteiger partial charge is 0.416 e. The van der Waals surface area contributed by atoms with Crippen molar-refractivity contribution >= 4 is 22.8 Å². The number of carbonyl (C=O) groups is 1. The minimum absolute atomic E-state index is 0.0496. The highest BCUT2D eigenvalue weighted by atomic mass is 19.4. The Morgan fingerprint density at radius 1 is 0.967 bits per heavy atom. The third-order valence-corrected chi connectivity index (χ3v) is 5.92. The minimum Gasteiger partial charge on any atom is -0.354 e. The molecule has 0 aliphatic carbocycles. The van der Waals surface area contributed by atoms with Crippen molar-refractivity contribution < 1.29 is 18.0 Å². The maximum atomic E-state index is 13.2. The molecule has 0 spiro atoms. The highest BCUT2D eigenvalue weighted by Gasteiger charge is 2.44. The molecular formula is C21H18F3N5O. The lowest BCUT2D eigenvalue weighted by molar-refractivity contribution is -0.137. The van der Waals surface area contributed by atoms with Crippen molar-refractivity contribution in [2.45, 2.75) is 18.6 Å². The number of fused-ring (bicyclic) bond motifs is 2. The van der Waals surface area contributed by atoms with E-state index in [4.69, 9.17) is 0 Å². The summed E-state index contributed by atoms with van der Waals surface area (Å²) in [7, 11) is 0. The molecule has 2 saturated heterocycles. The molecule has 0 bridgehead atoms. The molecule has 4 heterocycles. The Morgan fingerprint density at radius 2 is 1.77 bits per heavy atom. The summed E-state index contributed by atoms with van der Waals surface area (Å²) in [6.07, 6.45) is 0.780. The smallest absolute Gasteiger partial charge is 0.354 e. The Morgan fingerprint density at radius 3 is 2.57 bits per heavy atom. The number of alkyl halides is 3. The molecule has 3 aromatic rings. The highest BCUT2D eigenvalue weighted by molar-refractivity contribution is 5.97. The van der Waals surface area contributed by atoms with E-state index in [1.54, 1.807) is 30.6 Å². The zero-order valence-electron chi connectivity index (χ0n) is 15.9. The Hall–Kier alpha value is -3.23. The maximum absolute atomic E-state index is 13.2. The molecule has 9 heteroatoms. The van der Waals surface area contributed by atoms with E-state index in [0.29, 0.717) is 36.5 Å². The van der Waals surface area contributed by atoms with Crippen LogP contribution in [-0.4, -0.2) is 51.4 Å². The van der Waals surface area contributed by atoms with Gasteiger partial charge in [-0.3, -0.25) is 14.8 Å². The van der Waals surface area contributed by atoms with Gasteiger partial charge in [0.2, 0.25) is 0 Å². The van der Waals surface area contributed by atoms with Crippen LogP contribution in [-0.2, 0) is 6.18 Å². The Balaban J connectivity index is 1.36. The van der Waals surface area contributed by atoms with E-state index >= 15 is 0 Å². The molecule has 2 atom stereocenters. The summed E-state index contributed by atoms with van der Waals surface area (Å²) in [6, 6.07) is 7.25. The van der Waals surface area contributed by atoms with Gasteiger partial charge in [0.05, 0.1) is 22.6 Å². The Labute approximate surface area is 170 Å². The van der Waals surface area contributed by atoms with Gasteiger partial charge in [0.15, 0.2) is 0 Å². The zero-order chi connectivity index (χ0) is 20.9. The van der Waals surface area contributed by atoms with Crippen molar-refractivity contribution in [3.63, 3.8) is 0 Å². The Kier molecular flexibility index (Phi) is 4.34. The lowest BCUT2D eigenvalue weighted by Gasteiger charge is -2.25. The van der Waals surface area contributed by atoms with Gasteiger partial charge in [0.1, 0.15) is 5.82 Å². The summed E-state index contributed by atoms with van der Waals surface area (Å²) in [5, 5.41) is 0. The highest BCUT2D eigenvalue weighted by Crippen LogP contribution is 2.36. The zero-order valence-corrected chi connectivity index (χ0v) is 15.9. The topological polar surface area (TPSA) is 62.2 Å². The minimum atomic E-state index is -4.41. The van der Waals surface area contributed by atoms with Crippen LogP contribution in [0.4, 0.5) is 19.0 Å². The standard InChI is InChI=1S/C21H18F3N5O/c22-21(23,24)15-3-5-27-19(10-15)28-11-14-4-8-29(18(14)12-28)20(30)13-1-2-16-17(9-13)26-7-6-25-16/h1-3,5-7,9-10,14,18H,4,8,11-12H2. The molecule has 154 valence electrons. The number of amides is 1. The molecule has 6 nitrogen and oxygen atoms in total. The summed E-state index contributed by atoms with van der Waals surface area (Å²) in [6.45, 7) is 1.70. The van der Waals surface area contributed by atoms with Crippen LogP contribution in [0.15, 0.2) is 48.9 Å². The molecule has 1 amide bonds. The van der Waals surface area contributed by atoms with E-state index in [1.165, 1.54) is 6.20 Å². The number of carbonyl (C=O) groups excluding carboxylic acids is 1. The van der Waals surface area contributed by atoms with Crippen LogP contribution in [0.25, 0.3) is 11.0 Å². The normalized spacial score (nSPS) is 21.3. The predicted molar refractivity (Wildman–Crippen MR) is 104 cm³/mol. The average Bonchev–Trinajstić information content (AvgIpc) is 3.33. The first-order valence-electron chi connectivity index (χ1n) is 9.70. The molecule has 0 N–H and O–H groups in total. The SMILES string of the molecule is O=C(c1ccc2nccnc2c1)N1CCC2CN(c3cc(C(F)(F)F)ccn3)CC21. The van der Waals surface area contributed by atoms with Gasteiger partial charge in [-0.2, -0.15) is 13.2 Å². The first-order chi connectivity index (χ1) is 14.4. The molecule has 2 aliphatic heterocycles. The van der Waals surface area contributed by atoms with Crippen molar-refractivity contribution in [3.8, 4) is 0 Å². The third-order valence-electron chi connectivity index (χ3n) is 5.92. The van der Waals surface area contributed by atoms with Crippen molar-refractivity contribution in [2.75, 3.05) is 24.5 Å². The summed E-state index contributed by atoms with van der Waals surface area (Å²) in [4.78, 5) is 29.4. The van der Waals surface area contributed by atoms with Gasteiger partial charge in [0.25, 0.3) is 5.91 Å². The van der Waals surface area contributed by atoms with E-state index in [2.05, 4.69) is 15.0 Å². The van der Waals surface area contributed by atoms with Crippen LogP contribution in [0.3, 0.4) is 0 Å². The number of benzene rings is 1. The average molecular weight is 413 g/mol. The van der Waals surface area contributed by atoms with Crippen LogP contribution in [0.2, 0.25) is 0 Å². The van der Waals surface area contributed by atoms with Gasteiger partial charge in [-0.05, 0) is 36.8 Å². The van der Waals surface area contributed by atoms with Crippen LogP contribution < -0.4 is 4.90 Å². The molecular weight excluding hydrogens is 395 g/mol. The molecule has 5 rings (SSSR count). The molecule has 30 heavy (non-hydrogen) atoms. The molecule has 2 unspecified atom stereocenters. The van der Waals surface area contributed by atoms with Crippen molar-refractivity contribution in [1.82, 2.24) is 19.9 Å². The van der Waals surface area contributed by atoms with E-state index in [-0.39, 0.29) is 17.9 Å². The summed E-state index contributed by atoms with van der Waals surface area (Å²) in [5.41, 5.74) is 1.20. The number of likely N-dealkylation sites (tertiary alicyclic amines) is 1. The first kappa shape index (κ1) is 18.8. The number of rotatable bonds is 2. The summed E-state index contributed by atoms with van der Waals surface area (Å²) in [5.74, 6) is 0.423. The van der Waals surface area contributed by atoms with Gasteiger partial charge >= 0.3 is 6.18 Å². The molecule has 0 radical (unpaired) electrons. The molecule has 2 fully saturated rings. The van der Waals surface area contributed by atoms with Crippen LogP contribution >= 0.6 is 0 Å². The molecule has 2 aliphatic rings. The third kappa shape index (κ3) is 3.24. The maximum Gasteiger partial charge on any atom is 0.416 e. The fourth-order valence-electron chi connectivity index (χ4n) is 4.43. The van der Waals surface area contributed by atoms with Crippen LogP contribution in [0.5, 0.6) is 0 Å². The molecule has 1 aromatic carbocycles. The van der Waals surface area contributed by atoms with Gasteiger partial charge in [-0.1, -0.05) is 0 Å². The van der Waals surface area contributed by atoms with Gasteiger partial charge < -0.3 is 9.80 Å². The fourth-order valence-corrected chi connectivity index (χ4v) is 4.43. The second kappa shape index (κ2) is 6.93. The number of hydrogen-bond donors (Lipinski definition) is 0. The van der Waals surface area contributed by atoms with Crippen molar-refractivity contribution in [2.24, 2.45) is 5.92 Å². The van der Waals surface area contributed by atoms with E-state index in [0.717, 1.165) is 24.1 Å². The fraction of sp³-hybridized carbons (Fsp3) is 0.333.